The summed E-state index contributed by atoms with van der Waals surface area (Å²) in [6.07, 6.45) is 14.7. The third-order valence-corrected chi connectivity index (χ3v) is 5.55. The van der Waals surface area contributed by atoms with Gasteiger partial charge in [-0.25, -0.2) is 5.48 Å². The van der Waals surface area contributed by atoms with Gasteiger partial charge in [0.05, 0.1) is 17.4 Å². The zero-order valence-electron chi connectivity index (χ0n) is 23.8. The predicted molar refractivity (Wildman–Crippen MR) is 158 cm³/mol. The molecule has 0 radical (unpaired) electrons. The Bertz CT molecular complexity index is 1070. The van der Waals surface area contributed by atoms with E-state index in [0.29, 0.717) is 24.5 Å². The summed E-state index contributed by atoms with van der Waals surface area (Å²) in [4.78, 5) is 33.0. The number of hydroxylamine groups is 1. The van der Waals surface area contributed by atoms with Gasteiger partial charge in [0.15, 0.2) is 0 Å². The van der Waals surface area contributed by atoms with E-state index in [9.17, 15) is 14.4 Å². The molecule has 38 heavy (non-hydrogen) atoms. The fourth-order valence-corrected chi connectivity index (χ4v) is 3.70. The lowest BCUT2D eigenvalue weighted by Gasteiger charge is -2.02. The molecule has 2 heterocycles. The van der Waals surface area contributed by atoms with Crippen LogP contribution in [0, 0.1) is 5.92 Å². The van der Waals surface area contributed by atoms with Gasteiger partial charge < -0.3 is 15.8 Å². The Labute approximate surface area is 231 Å². The van der Waals surface area contributed by atoms with Crippen LogP contribution in [0.3, 0.4) is 0 Å². The molecule has 9 heteroatoms. The van der Waals surface area contributed by atoms with E-state index in [-0.39, 0.29) is 17.7 Å². The summed E-state index contributed by atoms with van der Waals surface area (Å²) in [5.74, 6) is -0.868. The van der Waals surface area contributed by atoms with Gasteiger partial charge in [-0.05, 0) is 43.7 Å². The molecule has 1 unspecified atom stereocenters. The highest BCUT2D eigenvalue weighted by atomic mass is 32.1. The van der Waals surface area contributed by atoms with Crippen LogP contribution in [0.25, 0.3) is 12.2 Å². The smallest absolute Gasteiger partial charge is 0.284 e. The Morgan fingerprint density at radius 3 is 2.24 bits per heavy atom. The van der Waals surface area contributed by atoms with Gasteiger partial charge in [-0.3, -0.25) is 19.6 Å². The molecule has 2 aliphatic rings. The van der Waals surface area contributed by atoms with Crippen molar-refractivity contribution < 1.29 is 24.3 Å². The number of allylic oxidation sites excluding steroid dienone is 7. The number of rotatable bonds is 5. The second-order valence-corrected chi connectivity index (χ2v) is 8.73. The Hall–Kier alpha value is -3.27. The van der Waals surface area contributed by atoms with Crippen molar-refractivity contribution in [3.05, 3.63) is 68.9 Å². The van der Waals surface area contributed by atoms with Crippen molar-refractivity contribution in [1.82, 2.24) is 10.8 Å². The van der Waals surface area contributed by atoms with Crippen molar-refractivity contribution in [2.75, 3.05) is 13.2 Å². The van der Waals surface area contributed by atoms with Gasteiger partial charge in [0, 0.05) is 30.2 Å². The molecular weight excluding hydrogens is 502 g/mol. The molecule has 212 valence electrons. The molecule has 3 amide bonds. The topological polar surface area (TPSA) is 131 Å². The summed E-state index contributed by atoms with van der Waals surface area (Å²) in [5.41, 5.74) is 8.72. The molecule has 1 aliphatic carbocycles. The van der Waals surface area contributed by atoms with E-state index < -0.39 is 5.91 Å². The van der Waals surface area contributed by atoms with E-state index in [1.165, 1.54) is 23.8 Å². The number of hydrogen-bond donors (Lipinski definition) is 4. The number of carbonyl (C=O) groups is 3. The van der Waals surface area contributed by atoms with E-state index in [0.717, 1.165) is 21.9 Å². The molecule has 1 aromatic rings. The highest BCUT2D eigenvalue weighted by Gasteiger charge is 2.20. The minimum absolute atomic E-state index is 0.0185. The van der Waals surface area contributed by atoms with Crippen LogP contribution in [0.2, 0.25) is 0 Å². The number of carbonyl (C=O) groups excluding carboxylic acids is 3. The first-order chi connectivity index (χ1) is 18.2. The number of fused-ring (bicyclic) bond motifs is 1. The van der Waals surface area contributed by atoms with Crippen molar-refractivity contribution in [2.45, 2.75) is 61.3 Å². The van der Waals surface area contributed by atoms with Gasteiger partial charge in [-0.15, -0.1) is 11.3 Å². The molecule has 0 spiro atoms. The van der Waals surface area contributed by atoms with Crippen LogP contribution in [0.15, 0.2) is 54.3 Å². The van der Waals surface area contributed by atoms with Crippen LogP contribution < -0.4 is 26.3 Å². The number of amides is 3. The Morgan fingerprint density at radius 2 is 1.79 bits per heavy atom. The van der Waals surface area contributed by atoms with E-state index >= 15 is 0 Å². The van der Waals surface area contributed by atoms with Gasteiger partial charge in [-0.2, -0.15) is 0 Å². The summed E-state index contributed by atoms with van der Waals surface area (Å²) in [6, 6.07) is 1.71. The molecule has 1 aliphatic heterocycles. The third kappa shape index (κ3) is 16.5. The van der Waals surface area contributed by atoms with E-state index in [1.54, 1.807) is 17.6 Å². The van der Waals surface area contributed by atoms with Gasteiger partial charge in [0.25, 0.3) is 5.91 Å². The average molecular weight is 548 g/mol. The molecular formula is C29H45N3O5S. The van der Waals surface area contributed by atoms with Crippen LogP contribution in [0.5, 0.6) is 0 Å². The number of primary amides is 1. The van der Waals surface area contributed by atoms with Gasteiger partial charge in [0.1, 0.15) is 0 Å². The van der Waals surface area contributed by atoms with Gasteiger partial charge in [0.2, 0.25) is 11.8 Å². The summed E-state index contributed by atoms with van der Waals surface area (Å²) >= 11 is 1.29. The minimum Gasteiger partial charge on any atom is -0.381 e. The van der Waals surface area contributed by atoms with Crippen LogP contribution in [-0.4, -0.2) is 36.1 Å². The lowest BCUT2D eigenvalue weighted by atomic mass is 10.1. The molecule has 0 bridgehead atoms. The summed E-state index contributed by atoms with van der Waals surface area (Å²) in [5, 5.41) is 12.2. The second kappa shape index (κ2) is 22.9. The van der Waals surface area contributed by atoms with E-state index in [1.807, 2.05) is 64.2 Å². The first-order valence-electron chi connectivity index (χ1n) is 12.7. The Balaban J connectivity index is 0. The monoisotopic (exact) mass is 547 g/mol. The minimum atomic E-state index is -0.513. The molecule has 1 aromatic heterocycles. The number of nitrogens with two attached hydrogens (primary N) is 1. The summed E-state index contributed by atoms with van der Waals surface area (Å²) in [6.45, 7) is 18.3. The Kier molecular flexibility index (Phi) is 22.2. The van der Waals surface area contributed by atoms with Crippen LogP contribution >= 0.6 is 11.3 Å². The van der Waals surface area contributed by atoms with Gasteiger partial charge in [-0.1, -0.05) is 70.2 Å². The van der Waals surface area contributed by atoms with Crippen molar-refractivity contribution in [1.29, 1.82) is 0 Å². The number of ether oxygens (including phenoxy) is 1. The van der Waals surface area contributed by atoms with Crippen molar-refractivity contribution in [3.63, 3.8) is 0 Å². The molecule has 1 atom stereocenters. The fraction of sp³-hybridized carbons (Fsp3) is 0.414. The quantitative estimate of drug-likeness (QED) is 0.250. The molecule has 8 nitrogen and oxygen atoms in total. The molecule has 5 N–H and O–H groups in total. The van der Waals surface area contributed by atoms with Crippen molar-refractivity contribution >= 4 is 41.2 Å². The average Bonchev–Trinajstić information content (AvgIpc) is 3.56. The van der Waals surface area contributed by atoms with E-state index in [4.69, 9.17) is 15.7 Å². The number of thiophene rings is 1. The molecule has 3 rings (SSSR count). The lowest BCUT2D eigenvalue weighted by Crippen LogP contribution is -2.22. The highest BCUT2D eigenvalue weighted by Crippen LogP contribution is 2.10. The van der Waals surface area contributed by atoms with E-state index in [2.05, 4.69) is 25.7 Å². The maximum Gasteiger partial charge on any atom is 0.284 e. The zero-order valence-corrected chi connectivity index (χ0v) is 24.6. The fourth-order valence-electron chi connectivity index (χ4n) is 2.74. The maximum atomic E-state index is 11.3. The first kappa shape index (κ1) is 36.9. The molecule has 1 fully saturated rings. The number of nitrogens with one attached hydrogen (secondary N) is 2. The SMILES string of the molecule is C=C/C=C\C=C(C)C.CC.CC.CC(=O)NC1=CC=c2sc(C(=O)NO)cc2=CC1.NC(=O)C1CCOC1. The van der Waals surface area contributed by atoms with Gasteiger partial charge >= 0.3 is 0 Å². The van der Waals surface area contributed by atoms with Crippen molar-refractivity contribution in [3.8, 4) is 0 Å². The number of hydrogen-bond acceptors (Lipinski definition) is 6. The zero-order chi connectivity index (χ0) is 29.5. The second-order valence-electron chi connectivity index (χ2n) is 7.65. The largest absolute Gasteiger partial charge is 0.381 e. The normalized spacial score (nSPS) is 14.5. The third-order valence-electron chi connectivity index (χ3n) is 4.44. The predicted octanol–water partition coefficient (Wildman–Crippen LogP) is 4.11. The standard InChI is InChI=1S/C12H12N2O3S.C8H12.C5H9NO2.2C2H6/c1-7(15)13-9-3-2-8-6-11(12(16)14-17)18-10(8)5-4-9;1-4-5-6-7-8(2)3;6-5(7)4-1-2-8-3-4;2*1-2/h2,4-6,17H,3H2,1H3,(H,13,15)(H,14,16);4-7H,1H2,2-3H3;4H,1-3H2,(H2,6,7);2*1-2H3/b;6-5-;;;. The molecule has 1 saturated heterocycles. The van der Waals surface area contributed by atoms with Crippen LogP contribution in [-0.2, 0) is 14.3 Å². The van der Waals surface area contributed by atoms with Crippen LogP contribution in [0.1, 0.15) is 71.0 Å². The highest BCUT2D eigenvalue weighted by molar-refractivity contribution is 7.12. The first-order valence-corrected chi connectivity index (χ1v) is 13.5. The Morgan fingerprint density at radius 1 is 1.13 bits per heavy atom. The molecule has 0 saturated carbocycles. The molecule has 0 aromatic carbocycles. The lowest BCUT2D eigenvalue weighted by molar-refractivity contribution is -0.121. The van der Waals surface area contributed by atoms with Crippen molar-refractivity contribution in [2.24, 2.45) is 11.7 Å². The summed E-state index contributed by atoms with van der Waals surface area (Å²) in [7, 11) is 0. The van der Waals surface area contributed by atoms with Crippen LogP contribution in [0.4, 0.5) is 0 Å². The maximum absolute atomic E-state index is 11.3. The summed E-state index contributed by atoms with van der Waals surface area (Å²) < 4.78 is 5.84.